The lowest BCUT2D eigenvalue weighted by Gasteiger charge is -2.48. The molecule has 0 radical (unpaired) electrons. The van der Waals surface area contributed by atoms with Gasteiger partial charge in [0.25, 0.3) is 0 Å². The van der Waals surface area contributed by atoms with Crippen molar-refractivity contribution >= 4 is 11.6 Å². The number of hydrogen-bond donors (Lipinski definition) is 7. The Balaban J connectivity index is 1.28. The number of Topliss-reactive ketones (excluding diaryl/α,β-unsaturated/α-hetero) is 2. The minimum atomic E-state index is -2.16. The maximum absolute atomic E-state index is 13.9. The van der Waals surface area contributed by atoms with Crippen LogP contribution in [0.4, 0.5) is 0 Å². The van der Waals surface area contributed by atoms with Crippen LogP contribution in [0.3, 0.4) is 0 Å². The lowest BCUT2D eigenvalue weighted by atomic mass is 9.68. The molecule has 0 amide bonds. The van der Waals surface area contributed by atoms with Crippen molar-refractivity contribution in [1.29, 1.82) is 0 Å². The summed E-state index contributed by atoms with van der Waals surface area (Å²) < 4.78 is 11.7. The molecule has 2 heterocycles. The molecule has 236 valence electrons. The van der Waals surface area contributed by atoms with Gasteiger partial charge in [-0.15, -0.1) is 0 Å². The second-order valence-corrected chi connectivity index (χ2v) is 12.5. The van der Waals surface area contributed by atoms with Gasteiger partial charge in [-0.05, 0) is 61.0 Å². The maximum atomic E-state index is 13.9. The first-order valence-electron chi connectivity index (χ1n) is 15.4. The fourth-order valence-electron chi connectivity index (χ4n) is 7.27. The molecule has 1 saturated carbocycles. The molecule has 3 aliphatic carbocycles. The molecule has 11 nitrogen and oxygen atoms in total. The predicted octanol–water partition coefficient (Wildman–Crippen LogP) is 1.92. The van der Waals surface area contributed by atoms with Crippen LogP contribution in [0.1, 0.15) is 65.7 Å². The highest BCUT2D eigenvalue weighted by Crippen LogP contribution is 2.45. The number of carbonyl (C=O) groups excluding carboxylic acids is 2. The molecule has 6 rings (SSSR count). The van der Waals surface area contributed by atoms with E-state index in [9.17, 15) is 35.1 Å². The number of hydrogen-bond acceptors (Lipinski definition) is 11. The Hall–Kier alpha value is -3.48. The molecule has 5 aliphatic rings. The van der Waals surface area contributed by atoms with Crippen LogP contribution >= 0.6 is 0 Å². The summed E-state index contributed by atoms with van der Waals surface area (Å²) in [4.78, 5) is 27.7. The quantitative estimate of drug-likeness (QED) is 0.239. The molecule has 2 fully saturated rings. The highest BCUT2D eigenvalue weighted by atomic mass is 16.7. The molecule has 1 saturated heterocycles. The molecule has 1 aromatic rings. The number of dihydropyridines is 1. The number of allylic oxidation sites excluding steroid dienone is 6. The summed E-state index contributed by atoms with van der Waals surface area (Å²) in [6, 6.07) is 4.52. The van der Waals surface area contributed by atoms with E-state index in [0.717, 1.165) is 43.3 Å². The number of ether oxygens (including phenoxy) is 2. The van der Waals surface area contributed by atoms with Crippen molar-refractivity contribution in [2.45, 2.75) is 75.1 Å². The number of nitrogens with one attached hydrogen (secondary N) is 1. The zero-order chi connectivity index (χ0) is 31.2. The SMILES string of the molecule is NC1=CC(CC[C@]2(O)[C@H](O)[C@@H](CO)O[C@@H](Oc3cccc4c3C(=O)[C@@H]3C(O)=CC(C5CCCCC5)=C[C@@H]3C4=O)[C@@H]2O)=CCN1. The van der Waals surface area contributed by atoms with E-state index in [1.807, 2.05) is 12.2 Å². The summed E-state index contributed by atoms with van der Waals surface area (Å²) in [5.41, 5.74) is 5.44. The van der Waals surface area contributed by atoms with Crippen molar-refractivity contribution in [2.75, 3.05) is 13.2 Å². The summed E-state index contributed by atoms with van der Waals surface area (Å²) in [5, 5.41) is 57.7. The summed E-state index contributed by atoms with van der Waals surface area (Å²) in [5.74, 6) is -2.32. The first-order valence-corrected chi connectivity index (χ1v) is 15.4. The Morgan fingerprint density at radius 2 is 1.84 bits per heavy atom. The minimum absolute atomic E-state index is 0.0558. The van der Waals surface area contributed by atoms with Gasteiger partial charge in [0.15, 0.2) is 11.6 Å². The standard InChI is InChI=1S/C33H40N2O9/c34-25-13-17(10-12-35-25)9-11-33(42)30(40)24(16-36)44-32(31(33)41)43-23-8-4-7-20-27(23)29(39)26-21(28(20)38)14-19(15-22(26)37)18-5-2-1-3-6-18/h4,7-8,10,13-15,18,21,24,26,30-32,35-37,40-42H,1-3,5-6,9,11-12,16,34H2/t21-,24+,26-,30+,31-,32+,33-/m0/s1. The van der Waals surface area contributed by atoms with Gasteiger partial charge in [-0.2, -0.15) is 0 Å². The van der Waals surface area contributed by atoms with Gasteiger partial charge in [-0.25, -0.2) is 0 Å². The Labute approximate surface area is 255 Å². The largest absolute Gasteiger partial charge is 0.511 e. The molecule has 11 heteroatoms. The zero-order valence-corrected chi connectivity index (χ0v) is 24.4. The highest BCUT2D eigenvalue weighted by molar-refractivity contribution is 6.19. The topological polar surface area (TPSA) is 192 Å². The van der Waals surface area contributed by atoms with Crippen molar-refractivity contribution < 1.29 is 44.6 Å². The van der Waals surface area contributed by atoms with Crippen LogP contribution in [0, 0.1) is 17.8 Å². The average Bonchev–Trinajstić information content (AvgIpc) is 3.03. The van der Waals surface area contributed by atoms with Crippen LogP contribution in [0.5, 0.6) is 5.75 Å². The van der Waals surface area contributed by atoms with Gasteiger partial charge in [0, 0.05) is 12.1 Å². The average molecular weight is 609 g/mol. The molecule has 0 aromatic heterocycles. The molecule has 8 N–H and O–H groups in total. The van der Waals surface area contributed by atoms with E-state index in [2.05, 4.69) is 5.32 Å². The molecular formula is C33H40N2O9. The van der Waals surface area contributed by atoms with E-state index in [4.69, 9.17) is 15.2 Å². The Kier molecular flexibility index (Phi) is 8.42. The fourth-order valence-corrected chi connectivity index (χ4v) is 7.27. The van der Waals surface area contributed by atoms with Crippen molar-refractivity contribution in [2.24, 2.45) is 23.5 Å². The number of nitrogens with two attached hydrogens (primary N) is 1. The second kappa shape index (κ2) is 12.1. The molecule has 1 aromatic carbocycles. The molecule has 44 heavy (non-hydrogen) atoms. The Bertz CT molecular complexity index is 1440. The van der Waals surface area contributed by atoms with Gasteiger partial charge in [-0.3, -0.25) is 9.59 Å². The molecule has 2 aliphatic heterocycles. The first kappa shape index (κ1) is 30.5. The third-order valence-corrected chi connectivity index (χ3v) is 9.76. The van der Waals surface area contributed by atoms with E-state index in [1.54, 1.807) is 18.2 Å². The van der Waals surface area contributed by atoms with Gasteiger partial charge < -0.3 is 46.1 Å². The monoisotopic (exact) mass is 608 g/mol. The number of aliphatic hydroxyl groups is 5. The minimum Gasteiger partial charge on any atom is -0.511 e. The summed E-state index contributed by atoms with van der Waals surface area (Å²) in [7, 11) is 0. The van der Waals surface area contributed by atoms with E-state index >= 15 is 0 Å². The molecular weight excluding hydrogens is 568 g/mol. The van der Waals surface area contributed by atoms with E-state index in [-0.39, 0.29) is 47.2 Å². The highest BCUT2D eigenvalue weighted by Gasteiger charge is 2.56. The zero-order valence-electron chi connectivity index (χ0n) is 24.4. The van der Waals surface area contributed by atoms with Crippen molar-refractivity contribution in [3.05, 3.63) is 76.4 Å². The molecule has 0 unspecified atom stereocenters. The van der Waals surface area contributed by atoms with Crippen LogP contribution in [0.25, 0.3) is 0 Å². The summed E-state index contributed by atoms with van der Waals surface area (Å²) in [6.45, 7) is -0.191. The first-order chi connectivity index (χ1) is 21.1. The maximum Gasteiger partial charge on any atom is 0.229 e. The van der Waals surface area contributed by atoms with Gasteiger partial charge in [0.1, 0.15) is 35.4 Å². The third kappa shape index (κ3) is 5.37. The number of ketones is 2. The third-order valence-electron chi connectivity index (χ3n) is 9.76. The second-order valence-electron chi connectivity index (χ2n) is 12.5. The van der Waals surface area contributed by atoms with Crippen LogP contribution in [-0.4, -0.2) is 80.5 Å². The van der Waals surface area contributed by atoms with Crippen LogP contribution < -0.4 is 15.8 Å². The lowest BCUT2D eigenvalue weighted by molar-refractivity contribution is -0.315. The van der Waals surface area contributed by atoms with Crippen molar-refractivity contribution in [1.82, 2.24) is 5.32 Å². The number of aliphatic hydroxyl groups excluding tert-OH is 4. The van der Waals surface area contributed by atoms with Gasteiger partial charge in [0.05, 0.1) is 29.8 Å². The van der Waals surface area contributed by atoms with Gasteiger partial charge in [0.2, 0.25) is 6.29 Å². The van der Waals surface area contributed by atoms with Crippen LogP contribution in [-0.2, 0) is 4.74 Å². The number of benzene rings is 1. The van der Waals surface area contributed by atoms with E-state index < -0.39 is 54.4 Å². The predicted molar refractivity (Wildman–Crippen MR) is 158 cm³/mol. The van der Waals surface area contributed by atoms with Crippen molar-refractivity contribution in [3.8, 4) is 5.75 Å². The van der Waals surface area contributed by atoms with Gasteiger partial charge in [-0.1, -0.05) is 43.5 Å². The van der Waals surface area contributed by atoms with Gasteiger partial charge >= 0.3 is 0 Å². The van der Waals surface area contributed by atoms with E-state index in [0.29, 0.717) is 12.4 Å². The number of rotatable bonds is 7. The normalized spacial score (nSPS) is 34.1. The van der Waals surface area contributed by atoms with E-state index in [1.165, 1.54) is 12.1 Å². The van der Waals surface area contributed by atoms with Crippen LogP contribution in [0.2, 0.25) is 0 Å². The molecule has 0 bridgehead atoms. The number of fused-ring (bicyclic) bond motifs is 2. The smallest absolute Gasteiger partial charge is 0.229 e. The Morgan fingerprint density at radius 3 is 2.57 bits per heavy atom. The Morgan fingerprint density at radius 1 is 1.07 bits per heavy atom. The number of carbonyl (C=O) groups is 2. The van der Waals surface area contributed by atoms with Crippen LogP contribution in [0.15, 0.2) is 65.2 Å². The summed E-state index contributed by atoms with van der Waals surface area (Å²) in [6.07, 6.45) is 6.04. The molecule has 0 spiro atoms. The fraction of sp³-hybridized carbons (Fsp3) is 0.515. The molecule has 7 atom stereocenters. The lowest BCUT2D eigenvalue weighted by Crippen LogP contribution is -2.68. The summed E-state index contributed by atoms with van der Waals surface area (Å²) >= 11 is 0. The van der Waals surface area contributed by atoms with Crippen molar-refractivity contribution in [3.63, 3.8) is 0 Å².